The molecule has 30 heavy (non-hydrogen) atoms. The van der Waals surface area contributed by atoms with Crippen molar-refractivity contribution >= 4 is 27.5 Å². The van der Waals surface area contributed by atoms with Gasteiger partial charge in [0.25, 0.3) is 5.91 Å². The van der Waals surface area contributed by atoms with Gasteiger partial charge in [-0.3, -0.25) is 9.78 Å². The number of carbonyl (C=O) groups excluding carboxylic acids is 1. The molecule has 1 saturated carbocycles. The molecule has 156 valence electrons. The van der Waals surface area contributed by atoms with Crippen LogP contribution in [-0.2, 0) is 0 Å². The number of aromatic nitrogens is 1. The molecule has 0 radical (unpaired) electrons. The standard InChI is InChI=1S/C25H28N2O2S/c1-15(2)21-22-23(17(11-13-26-22)16-7-3-4-8-16)30-24(21)25(28)27-19-12-14-29-20-10-6-5-9-18(19)20/h5-6,9-11,13,15-16,19H,3-4,7-8,12,14H2,1-2H3,(H,27,28)/t19-/m0/s1. The molecule has 1 amide bonds. The van der Waals surface area contributed by atoms with Gasteiger partial charge in [-0.1, -0.05) is 44.9 Å². The van der Waals surface area contributed by atoms with E-state index in [9.17, 15) is 4.79 Å². The summed E-state index contributed by atoms with van der Waals surface area (Å²) in [5.74, 6) is 1.74. The van der Waals surface area contributed by atoms with E-state index in [1.54, 1.807) is 11.3 Å². The van der Waals surface area contributed by atoms with Crippen LogP contribution in [0.2, 0.25) is 0 Å². The zero-order valence-corrected chi connectivity index (χ0v) is 18.4. The fourth-order valence-corrected chi connectivity index (χ4v) is 6.42. The van der Waals surface area contributed by atoms with E-state index in [0.717, 1.165) is 33.7 Å². The smallest absolute Gasteiger partial charge is 0.262 e. The average molecular weight is 421 g/mol. The third-order valence-electron chi connectivity index (χ3n) is 6.48. The summed E-state index contributed by atoms with van der Waals surface area (Å²) >= 11 is 1.64. The summed E-state index contributed by atoms with van der Waals surface area (Å²) in [6.07, 6.45) is 7.81. The topological polar surface area (TPSA) is 51.2 Å². The summed E-state index contributed by atoms with van der Waals surface area (Å²) in [6, 6.07) is 10.2. The molecular formula is C25H28N2O2S. The van der Waals surface area contributed by atoms with Crippen LogP contribution in [0.15, 0.2) is 36.5 Å². The molecule has 2 aromatic heterocycles. The molecule has 2 aliphatic rings. The predicted molar refractivity (Wildman–Crippen MR) is 122 cm³/mol. The van der Waals surface area contributed by atoms with Crippen molar-refractivity contribution in [1.29, 1.82) is 0 Å². The lowest BCUT2D eigenvalue weighted by atomic mass is 9.95. The van der Waals surface area contributed by atoms with E-state index in [1.807, 2.05) is 30.5 Å². The van der Waals surface area contributed by atoms with Crippen molar-refractivity contribution in [3.8, 4) is 5.75 Å². The van der Waals surface area contributed by atoms with Gasteiger partial charge < -0.3 is 10.1 Å². The van der Waals surface area contributed by atoms with Gasteiger partial charge in [0.1, 0.15) is 5.75 Å². The van der Waals surface area contributed by atoms with Crippen molar-refractivity contribution in [3.05, 3.63) is 58.1 Å². The number of hydrogen-bond donors (Lipinski definition) is 1. The highest BCUT2D eigenvalue weighted by atomic mass is 32.1. The van der Waals surface area contributed by atoms with Crippen LogP contribution in [-0.4, -0.2) is 17.5 Å². The van der Waals surface area contributed by atoms with E-state index >= 15 is 0 Å². The molecule has 1 fully saturated rings. The number of nitrogens with zero attached hydrogens (tertiary/aromatic N) is 1. The number of nitrogens with one attached hydrogen (secondary N) is 1. The molecule has 0 spiro atoms. The molecule has 1 aromatic carbocycles. The monoisotopic (exact) mass is 420 g/mol. The number of fused-ring (bicyclic) bond motifs is 2. The number of para-hydroxylation sites is 1. The zero-order chi connectivity index (χ0) is 20.7. The Hall–Kier alpha value is -2.40. The molecule has 1 atom stereocenters. The number of carbonyl (C=O) groups is 1. The molecule has 5 rings (SSSR count). The summed E-state index contributed by atoms with van der Waals surface area (Å²) in [7, 11) is 0. The zero-order valence-electron chi connectivity index (χ0n) is 17.6. The lowest BCUT2D eigenvalue weighted by Gasteiger charge is -2.26. The van der Waals surface area contributed by atoms with Crippen LogP contribution in [0.4, 0.5) is 0 Å². The van der Waals surface area contributed by atoms with Crippen molar-refractivity contribution in [2.75, 3.05) is 6.61 Å². The fraction of sp³-hybridized carbons (Fsp3) is 0.440. The van der Waals surface area contributed by atoms with Gasteiger partial charge in [-0.2, -0.15) is 0 Å². The van der Waals surface area contributed by atoms with E-state index in [0.29, 0.717) is 12.5 Å². The Morgan fingerprint density at radius 1 is 1.13 bits per heavy atom. The van der Waals surface area contributed by atoms with Gasteiger partial charge in [-0.05, 0) is 42.4 Å². The molecule has 3 heterocycles. The van der Waals surface area contributed by atoms with Crippen molar-refractivity contribution in [2.24, 2.45) is 0 Å². The van der Waals surface area contributed by atoms with E-state index in [2.05, 4.69) is 25.2 Å². The predicted octanol–water partition coefficient (Wildman–Crippen LogP) is 6.33. The normalized spacial score (nSPS) is 19.1. The van der Waals surface area contributed by atoms with E-state index in [1.165, 1.54) is 35.9 Å². The maximum atomic E-state index is 13.5. The van der Waals surface area contributed by atoms with Crippen LogP contribution < -0.4 is 10.1 Å². The third kappa shape index (κ3) is 3.39. The van der Waals surface area contributed by atoms with Gasteiger partial charge in [0.15, 0.2) is 0 Å². The molecule has 1 aliphatic carbocycles. The minimum Gasteiger partial charge on any atom is -0.493 e. The van der Waals surface area contributed by atoms with E-state index in [4.69, 9.17) is 9.72 Å². The number of benzene rings is 1. The van der Waals surface area contributed by atoms with Crippen LogP contribution >= 0.6 is 11.3 Å². The van der Waals surface area contributed by atoms with Crippen molar-refractivity contribution < 1.29 is 9.53 Å². The first kappa shape index (κ1) is 19.6. The molecule has 0 saturated heterocycles. The number of hydrogen-bond acceptors (Lipinski definition) is 4. The van der Waals surface area contributed by atoms with Gasteiger partial charge in [-0.25, -0.2) is 0 Å². The summed E-state index contributed by atoms with van der Waals surface area (Å²) in [4.78, 5) is 19.0. The Kier molecular flexibility index (Phi) is 5.23. The molecule has 1 N–H and O–H groups in total. The first-order valence-electron chi connectivity index (χ1n) is 11.1. The summed E-state index contributed by atoms with van der Waals surface area (Å²) < 4.78 is 6.98. The lowest BCUT2D eigenvalue weighted by molar-refractivity contribution is 0.0928. The first-order chi connectivity index (χ1) is 14.6. The van der Waals surface area contributed by atoms with Gasteiger partial charge in [-0.15, -0.1) is 11.3 Å². The summed E-state index contributed by atoms with van der Waals surface area (Å²) in [6.45, 7) is 4.94. The fourth-order valence-electron chi connectivity index (χ4n) is 5.01. The van der Waals surface area contributed by atoms with E-state index in [-0.39, 0.29) is 17.9 Å². The summed E-state index contributed by atoms with van der Waals surface area (Å²) in [5.41, 5.74) is 4.57. The molecule has 1 aliphatic heterocycles. The summed E-state index contributed by atoms with van der Waals surface area (Å²) in [5, 5.41) is 3.30. The van der Waals surface area contributed by atoms with Crippen molar-refractivity contribution in [1.82, 2.24) is 10.3 Å². The highest BCUT2D eigenvalue weighted by Gasteiger charge is 2.29. The third-order valence-corrected chi connectivity index (χ3v) is 7.72. The quantitative estimate of drug-likeness (QED) is 0.536. The Bertz CT molecular complexity index is 1080. The maximum absolute atomic E-state index is 13.5. The van der Waals surface area contributed by atoms with Gasteiger partial charge in [0.2, 0.25) is 0 Å². The highest BCUT2D eigenvalue weighted by molar-refractivity contribution is 7.21. The molecule has 0 bridgehead atoms. The maximum Gasteiger partial charge on any atom is 0.262 e. The largest absolute Gasteiger partial charge is 0.493 e. The second-order valence-electron chi connectivity index (χ2n) is 8.76. The molecule has 3 aromatic rings. The molecule has 5 heteroatoms. The highest BCUT2D eigenvalue weighted by Crippen LogP contribution is 2.43. The minimum absolute atomic E-state index is 0.0146. The molecular weight excluding hydrogens is 392 g/mol. The SMILES string of the molecule is CC(C)c1c(C(=O)N[C@H]2CCOc3ccccc32)sc2c(C3CCCC3)ccnc12. The number of ether oxygens (including phenoxy) is 1. The Labute approximate surface area is 181 Å². The van der Waals surface area contributed by atoms with Crippen LogP contribution in [0.3, 0.4) is 0 Å². The molecule has 0 unspecified atom stereocenters. The number of amides is 1. The number of thiophene rings is 1. The second kappa shape index (κ2) is 8.03. The molecule has 4 nitrogen and oxygen atoms in total. The van der Waals surface area contributed by atoms with Gasteiger partial charge in [0.05, 0.1) is 27.7 Å². The van der Waals surface area contributed by atoms with Crippen LogP contribution in [0.25, 0.3) is 10.2 Å². The lowest BCUT2D eigenvalue weighted by Crippen LogP contribution is -2.32. The Morgan fingerprint density at radius 3 is 2.73 bits per heavy atom. The van der Waals surface area contributed by atoms with Crippen molar-refractivity contribution in [2.45, 2.75) is 63.8 Å². The van der Waals surface area contributed by atoms with E-state index < -0.39 is 0 Å². The van der Waals surface area contributed by atoms with Crippen LogP contribution in [0, 0.1) is 0 Å². The Balaban J connectivity index is 1.53. The van der Waals surface area contributed by atoms with Gasteiger partial charge >= 0.3 is 0 Å². The second-order valence-corrected chi connectivity index (χ2v) is 9.78. The first-order valence-corrected chi connectivity index (χ1v) is 11.9. The van der Waals surface area contributed by atoms with Gasteiger partial charge in [0, 0.05) is 23.7 Å². The number of pyridine rings is 1. The van der Waals surface area contributed by atoms with Crippen LogP contribution in [0.5, 0.6) is 5.75 Å². The Morgan fingerprint density at radius 2 is 1.93 bits per heavy atom. The number of rotatable bonds is 4. The average Bonchev–Trinajstić information content (AvgIpc) is 3.42. The van der Waals surface area contributed by atoms with Crippen LogP contribution in [0.1, 0.15) is 90.2 Å². The minimum atomic E-state index is -0.0186. The van der Waals surface area contributed by atoms with Crippen molar-refractivity contribution in [3.63, 3.8) is 0 Å².